The average Bonchev–Trinajstić information content (AvgIpc) is 3.08. The number of nitrogens with one attached hydrogen (secondary N) is 2. The third-order valence-electron chi connectivity index (χ3n) is 4.11. The Kier molecular flexibility index (Phi) is 7.89. The van der Waals surface area contributed by atoms with E-state index in [1.807, 2.05) is 30.3 Å². The Balaban J connectivity index is 1.48. The molecule has 10 heteroatoms. The lowest BCUT2D eigenvalue weighted by Crippen LogP contribution is -2.26. The fourth-order valence-electron chi connectivity index (χ4n) is 2.55. The highest BCUT2D eigenvalue weighted by atomic mass is 79.9. The van der Waals surface area contributed by atoms with E-state index in [1.54, 1.807) is 29.8 Å². The maximum atomic E-state index is 12.2. The van der Waals surface area contributed by atoms with Gasteiger partial charge in [-0.3, -0.25) is 9.59 Å². The molecule has 1 heterocycles. The van der Waals surface area contributed by atoms with Crippen molar-refractivity contribution in [3.8, 4) is 0 Å². The quantitative estimate of drug-likeness (QED) is 0.452. The second kappa shape index (κ2) is 10.6. The molecule has 0 atom stereocenters. The van der Waals surface area contributed by atoms with Gasteiger partial charge in [0.2, 0.25) is 11.8 Å². The molecule has 0 aliphatic carbocycles. The van der Waals surface area contributed by atoms with E-state index in [1.165, 1.54) is 11.8 Å². The lowest BCUT2D eigenvalue weighted by Gasteiger charge is -2.07. The molecule has 0 fully saturated rings. The zero-order valence-corrected chi connectivity index (χ0v) is 19.2. The van der Waals surface area contributed by atoms with Gasteiger partial charge in [0.1, 0.15) is 0 Å². The van der Waals surface area contributed by atoms with Crippen LogP contribution >= 0.6 is 39.3 Å². The fourth-order valence-corrected chi connectivity index (χ4v) is 3.77. The van der Waals surface area contributed by atoms with Crippen LogP contribution < -0.4 is 10.6 Å². The molecular weight excluding hydrogens is 490 g/mol. The van der Waals surface area contributed by atoms with Crippen molar-refractivity contribution >= 4 is 56.8 Å². The molecule has 30 heavy (non-hydrogen) atoms. The molecule has 0 saturated heterocycles. The number of amides is 2. The van der Waals surface area contributed by atoms with Crippen LogP contribution in [0.2, 0.25) is 5.02 Å². The Bertz CT molecular complexity index is 1040. The van der Waals surface area contributed by atoms with Gasteiger partial charge >= 0.3 is 0 Å². The number of halogens is 2. The summed E-state index contributed by atoms with van der Waals surface area (Å²) in [6.07, 6.45) is 0.307. The van der Waals surface area contributed by atoms with Crippen molar-refractivity contribution in [2.75, 3.05) is 11.1 Å². The minimum atomic E-state index is -0.171. The van der Waals surface area contributed by atoms with Crippen LogP contribution in [0.25, 0.3) is 0 Å². The van der Waals surface area contributed by atoms with E-state index in [0.29, 0.717) is 32.6 Å². The molecule has 3 aromatic rings. The minimum absolute atomic E-state index is 0.0908. The number of anilines is 1. The number of aromatic nitrogens is 3. The Labute approximate surface area is 191 Å². The smallest absolute Gasteiger partial charge is 0.234 e. The molecule has 2 N–H and O–H groups in total. The molecule has 0 radical (unpaired) electrons. The molecule has 0 aliphatic rings. The predicted molar refractivity (Wildman–Crippen MR) is 122 cm³/mol. The molecule has 0 unspecified atom stereocenters. The highest BCUT2D eigenvalue weighted by molar-refractivity contribution is 9.10. The van der Waals surface area contributed by atoms with Crippen molar-refractivity contribution in [2.45, 2.75) is 18.1 Å². The lowest BCUT2D eigenvalue weighted by atomic mass is 10.1. The molecule has 3 rings (SSSR count). The van der Waals surface area contributed by atoms with E-state index < -0.39 is 0 Å². The summed E-state index contributed by atoms with van der Waals surface area (Å²) in [5.41, 5.74) is 1.60. The van der Waals surface area contributed by atoms with Gasteiger partial charge < -0.3 is 15.2 Å². The van der Waals surface area contributed by atoms with Crippen LogP contribution in [0.15, 0.2) is 58.2 Å². The summed E-state index contributed by atoms with van der Waals surface area (Å²) < 4.78 is 2.47. The highest BCUT2D eigenvalue weighted by Crippen LogP contribution is 2.25. The summed E-state index contributed by atoms with van der Waals surface area (Å²) in [7, 11) is 1.80. The standard InChI is InChI=1S/C20H19BrClN5O2S/c1-27-17(11-23-18(28)9-13-5-3-2-4-6-13)25-26-20(27)30-12-19(29)24-14-7-8-16(22)15(21)10-14/h2-8,10H,9,11-12H2,1H3,(H,23,28)(H,24,29). The van der Waals surface area contributed by atoms with Gasteiger partial charge in [0.15, 0.2) is 11.0 Å². The second-order valence-electron chi connectivity index (χ2n) is 6.36. The molecule has 0 spiro atoms. The third-order valence-corrected chi connectivity index (χ3v) is 6.35. The van der Waals surface area contributed by atoms with Gasteiger partial charge in [-0.1, -0.05) is 53.7 Å². The van der Waals surface area contributed by atoms with Crippen LogP contribution in [0.4, 0.5) is 5.69 Å². The van der Waals surface area contributed by atoms with Gasteiger partial charge in [-0.15, -0.1) is 10.2 Å². The normalized spacial score (nSPS) is 10.6. The monoisotopic (exact) mass is 507 g/mol. The first kappa shape index (κ1) is 22.3. The number of carbonyl (C=O) groups is 2. The molecule has 1 aromatic heterocycles. The van der Waals surface area contributed by atoms with Gasteiger partial charge in [0, 0.05) is 17.2 Å². The molecule has 0 bridgehead atoms. The summed E-state index contributed by atoms with van der Waals surface area (Å²) in [4.78, 5) is 24.3. The summed E-state index contributed by atoms with van der Waals surface area (Å²) in [5, 5.41) is 15.0. The molecular formula is C20H19BrClN5O2S. The Morgan fingerprint density at radius 2 is 1.90 bits per heavy atom. The number of carbonyl (C=O) groups excluding carboxylic acids is 2. The van der Waals surface area contributed by atoms with Crippen LogP contribution in [0.3, 0.4) is 0 Å². The molecule has 0 aliphatic heterocycles. The lowest BCUT2D eigenvalue weighted by molar-refractivity contribution is -0.120. The number of hydrogen-bond donors (Lipinski definition) is 2. The predicted octanol–water partition coefficient (Wildman–Crippen LogP) is 3.82. The van der Waals surface area contributed by atoms with Crippen molar-refractivity contribution in [2.24, 2.45) is 7.05 Å². The summed E-state index contributed by atoms with van der Waals surface area (Å²) >= 11 is 10.5. The van der Waals surface area contributed by atoms with E-state index in [2.05, 4.69) is 36.8 Å². The summed E-state index contributed by atoms with van der Waals surface area (Å²) in [6, 6.07) is 14.7. The number of rotatable bonds is 8. The SMILES string of the molecule is Cn1c(CNC(=O)Cc2ccccc2)nnc1SCC(=O)Nc1ccc(Cl)c(Br)c1. The molecule has 156 valence electrons. The number of hydrogen-bond acceptors (Lipinski definition) is 5. The van der Waals surface area contributed by atoms with Crippen molar-refractivity contribution in [1.82, 2.24) is 20.1 Å². The van der Waals surface area contributed by atoms with Crippen molar-refractivity contribution < 1.29 is 9.59 Å². The van der Waals surface area contributed by atoms with Crippen molar-refractivity contribution in [3.05, 3.63) is 69.4 Å². The number of nitrogens with zero attached hydrogens (tertiary/aromatic N) is 3. The topological polar surface area (TPSA) is 88.9 Å². The van der Waals surface area contributed by atoms with Gasteiger partial charge in [-0.05, 0) is 39.7 Å². The van der Waals surface area contributed by atoms with Gasteiger partial charge in [0.05, 0.1) is 23.7 Å². The number of benzene rings is 2. The van der Waals surface area contributed by atoms with E-state index >= 15 is 0 Å². The molecule has 2 aromatic carbocycles. The largest absolute Gasteiger partial charge is 0.349 e. The van der Waals surface area contributed by atoms with Gasteiger partial charge in [-0.2, -0.15) is 0 Å². The fraction of sp³-hybridized carbons (Fsp3) is 0.200. The van der Waals surface area contributed by atoms with Crippen LogP contribution in [0.5, 0.6) is 0 Å². The first-order valence-corrected chi connectivity index (χ1v) is 11.1. The van der Waals surface area contributed by atoms with Crippen molar-refractivity contribution in [3.63, 3.8) is 0 Å². The third kappa shape index (κ3) is 6.32. The maximum Gasteiger partial charge on any atom is 0.234 e. The summed E-state index contributed by atoms with van der Waals surface area (Å²) in [6.45, 7) is 0.265. The Morgan fingerprint density at radius 1 is 1.13 bits per heavy atom. The van der Waals surface area contributed by atoms with Gasteiger partial charge in [0.25, 0.3) is 0 Å². The van der Waals surface area contributed by atoms with Gasteiger partial charge in [-0.25, -0.2) is 0 Å². The second-order valence-corrected chi connectivity index (χ2v) is 8.57. The maximum absolute atomic E-state index is 12.2. The Morgan fingerprint density at radius 3 is 2.63 bits per heavy atom. The van der Waals surface area contributed by atoms with E-state index in [0.717, 1.165) is 5.56 Å². The minimum Gasteiger partial charge on any atom is -0.349 e. The molecule has 0 saturated carbocycles. The zero-order chi connectivity index (χ0) is 21.5. The van der Waals surface area contributed by atoms with Crippen LogP contribution in [-0.4, -0.2) is 32.3 Å². The van der Waals surface area contributed by atoms with E-state index in [4.69, 9.17) is 11.6 Å². The zero-order valence-electron chi connectivity index (χ0n) is 16.1. The Hall–Kier alpha value is -2.36. The first-order valence-electron chi connectivity index (χ1n) is 8.99. The first-order chi connectivity index (χ1) is 14.4. The van der Waals surface area contributed by atoms with Crippen LogP contribution in [0, 0.1) is 0 Å². The number of thioether (sulfide) groups is 1. The molecule has 7 nitrogen and oxygen atoms in total. The molecule has 2 amide bonds. The average molecular weight is 509 g/mol. The van der Waals surface area contributed by atoms with E-state index in [9.17, 15) is 9.59 Å². The highest BCUT2D eigenvalue weighted by Gasteiger charge is 2.13. The van der Waals surface area contributed by atoms with E-state index in [-0.39, 0.29) is 24.1 Å². The van der Waals surface area contributed by atoms with Crippen LogP contribution in [0.1, 0.15) is 11.4 Å². The summed E-state index contributed by atoms with van der Waals surface area (Å²) in [5.74, 6) is 0.523. The van der Waals surface area contributed by atoms with Crippen molar-refractivity contribution in [1.29, 1.82) is 0 Å². The van der Waals surface area contributed by atoms with Crippen LogP contribution in [-0.2, 0) is 29.6 Å².